The van der Waals surface area contributed by atoms with E-state index in [9.17, 15) is 20.4 Å². The first-order chi connectivity index (χ1) is 35.9. The Morgan fingerprint density at radius 3 is 2.45 bits per heavy atom. The maximum atomic E-state index is 15.1. The number of aromatic nitrogens is 2. The molecular formula is C62H87N5O6S2. The lowest BCUT2D eigenvalue weighted by Gasteiger charge is -2.64. The number of carbonyl (C=O) groups is 1. The summed E-state index contributed by atoms with van der Waals surface area (Å²) in [5.74, 6) is 0.159. The van der Waals surface area contributed by atoms with Crippen LogP contribution in [0.2, 0.25) is 0 Å². The van der Waals surface area contributed by atoms with Gasteiger partial charge in [0.25, 0.3) is 0 Å². The molecular weight excluding hydrogens is 975 g/mol. The summed E-state index contributed by atoms with van der Waals surface area (Å²) < 4.78 is 2.35. The van der Waals surface area contributed by atoms with Gasteiger partial charge in [-0.15, -0.1) is 0 Å². The molecule has 1 aliphatic heterocycles. The van der Waals surface area contributed by atoms with Gasteiger partial charge in [0.15, 0.2) is 11.7 Å². The standard InChI is InChI=1S/C62H87N5O6S2/c1-35(68)66-57(63)65-32-38-29-60(5)43-26-45(62(60,73)46-28-47(69)44-27-48(70)49(71)31-59(44,4)53(38)46)50(19-18-36-13-7-6-8-14-36)75-74-33-39(67-24-23-64-34-67)30-58(2,3)55-41-17-12-22-61(20-9-10-21-61)54(41)40-16-11-15-37-25-42(43)56(72)52(55)51(37)40/h6-8,13-14,23-24,28,34-35,37-39,42-45,48-50,52-54,56,68,70-73H,9-12,15-22,25-27,29-33H2,1-5H3,(H3,63,65,66). The molecule has 6 saturated carbocycles. The molecule has 12 rings (SSSR count). The SMILES string of the molecule is CC(O)NC(N)=NCC1CC2(C)C3CC(C(CCc4ccccc4)SSCC(n4ccnc4)CC(C)(C)C4=C5CCCC6(CCCC6)C5C5=C6C(CCC5)CC3C(O)C64)C2(O)C2=CC(=O)C3CC(O)C(O)CC3(C)C21. The van der Waals surface area contributed by atoms with E-state index in [1.807, 2.05) is 40.2 Å². The van der Waals surface area contributed by atoms with Crippen LogP contribution in [0.3, 0.4) is 0 Å². The smallest absolute Gasteiger partial charge is 0.190 e. The Morgan fingerprint density at radius 2 is 1.71 bits per heavy atom. The number of ketones is 1. The van der Waals surface area contributed by atoms with E-state index in [2.05, 4.69) is 79.1 Å². The van der Waals surface area contributed by atoms with Gasteiger partial charge in [-0.05, 0) is 173 Å². The predicted octanol–water partition coefficient (Wildman–Crippen LogP) is 9.90. The lowest BCUT2D eigenvalue weighted by atomic mass is 9.41. The Kier molecular flexibility index (Phi) is 13.9. The minimum atomic E-state index is -1.44. The fraction of sp³-hybridized carbons (Fsp3) is 0.726. The fourth-order valence-electron chi connectivity index (χ4n) is 20.1. The number of hydrogen-bond acceptors (Lipinski definition) is 10. The quantitative estimate of drug-likeness (QED) is 0.0460. The zero-order valence-corrected chi connectivity index (χ0v) is 47.0. The molecule has 4 bridgehead atoms. The van der Waals surface area contributed by atoms with Crippen molar-refractivity contribution >= 4 is 33.3 Å². The van der Waals surface area contributed by atoms with Crippen LogP contribution in [-0.2, 0) is 11.2 Å². The normalized spacial score (nSPS) is 43.5. The average Bonchev–Trinajstić information content (AvgIpc) is 4.23. The van der Waals surface area contributed by atoms with Crippen LogP contribution in [0.1, 0.15) is 155 Å². The molecule has 2 heterocycles. The van der Waals surface area contributed by atoms with Gasteiger partial charge in [0.1, 0.15) is 6.23 Å². The van der Waals surface area contributed by atoms with Crippen molar-refractivity contribution in [1.82, 2.24) is 14.9 Å². The summed E-state index contributed by atoms with van der Waals surface area (Å²) >= 11 is 0. The second kappa shape index (κ2) is 19.7. The molecule has 0 amide bonds. The maximum absolute atomic E-state index is 15.1. The number of guanidine groups is 1. The zero-order chi connectivity index (χ0) is 52.4. The number of benzene rings is 1. The van der Waals surface area contributed by atoms with Gasteiger partial charge in [-0.3, -0.25) is 9.79 Å². The highest BCUT2D eigenvalue weighted by atomic mass is 33.1. The number of nitrogens with two attached hydrogens (primary N) is 1. The summed E-state index contributed by atoms with van der Waals surface area (Å²) in [6.45, 7) is 11.4. The second-order valence-electron chi connectivity index (χ2n) is 27.2. The van der Waals surface area contributed by atoms with E-state index >= 15 is 9.90 Å². The number of aliphatic hydroxyl groups excluding tert-OH is 4. The van der Waals surface area contributed by atoms with Crippen LogP contribution in [0.25, 0.3) is 0 Å². The second-order valence-corrected chi connectivity index (χ2v) is 29.8. The molecule has 18 atom stereocenters. The first kappa shape index (κ1) is 52.8. The van der Waals surface area contributed by atoms with E-state index in [1.165, 1.54) is 50.5 Å². The van der Waals surface area contributed by atoms with Gasteiger partial charge in [0, 0.05) is 65.1 Å². The predicted molar refractivity (Wildman–Crippen MR) is 299 cm³/mol. The topological polar surface area (TPSA) is 186 Å². The lowest BCUT2D eigenvalue weighted by Crippen LogP contribution is -2.66. The summed E-state index contributed by atoms with van der Waals surface area (Å²) in [7, 11) is 3.88. The van der Waals surface area contributed by atoms with Crippen LogP contribution in [0.5, 0.6) is 0 Å². The van der Waals surface area contributed by atoms with Crippen molar-refractivity contribution < 1.29 is 30.3 Å². The van der Waals surface area contributed by atoms with Crippen molar-refractivity contribution in [2.24, 2.45) is 85.6 Å². The van der Waals surface area contributed by atoms with Gasteiger partial charge >= 0.3 is 0 Å². The number of fused-ring (bicyclic) bond motifs is 14. The lowest BCUT2D eigenvalue weighted by molar-refractivity contribution is -0.172. The summed E-state index contributed by atoms with van der Waals surface area (Å²) in [6.07, 6.45) is 21.9. The van der Waals surface area contributed by atoms with Gasteiger partial charge in [0.2, 0.25) is 0 Å². The highest BCUT2D eigenvalue weighted by Crippen LogP contribution is 2.75. The molecule has 18 unspecified atom stereocenters. The van der Waals surface area contributed by atoms with Crippen LogP contribution in [0.15, 0.2) is 88.0 Å². The van der Waals surface area contributed by atoms with Crippen molar-refractivity contribution in [2.45, 2.75) is 192 Å². The molecule has 2 aromatic rings. The van der Waals surface area contributed by atoms with E-state index < -0.39 is 46.9 Å². The third-order valence-electron chi connectivity index (χ3n) is 22.8. The Bertz CT molecular complexity index is 2610. The fourth-order valence-corrected chi connectivity index (χ4v) is 23.4. The summed E-state index contributed by atoms with van der Waals surface area (Å²) in [6, 6.07) is 10.9. The minimum Gasteiger partial charge on any atom is -0.392 e. The van der Waals surface area contributed by atoms with Gasteiger partial charge in [-0.1, -0.05) is 115 Å². The Labute approximate surface area is 454 Å². The first-order valence-electron chi connectivity index (χ1n) is 29.4. The number of hydrogen-bond donors (Lipinski definition) is 7. The van der Waals surface area contributed by atoms with Crippen LogP contribution in [-0.4, -0.2) is 94.5 Å². The minimum absolute atomic E-state index is 0.0132. The Hall–Kier alpha value is -2.91. The van der Waals surface area contributed by atoms with Gasteiger partial charge in [-0.2, -0.15) is 0 Å². The summed E-state index contributed by atoms with van der Waals surface area (Å²) in [5, 5.41) is 65.3. The van der Waals surface area contributed by atoms with E-state index in [0.29, 0.717) is 30.2 Å². The Morgan fingerprint density at radius 1 is 0.947 bits per heavy atom. The number of imidazole rings is 1. The molecule has 1 saturated heterocycles. The number of nitrogens with zero attached hydrogens (tertiary/aromatic N) is 3. The number of aliphatic imine (C=N–C) groups is 1. The van der Waals surface area contributed by atoms with Crippen molar-refractivity contribution in [3.63, 3.8) is 0 Å². The molecule has 1 spiro atoms. The molecule has 8 N–H and O–H groups in total. The maximum Gasteiger partial charge on any atom is 0.190 e. The number of carbonyl (C=O) groups excluding carboxylic acids is 1. The molecule has 408 valence electrons. The Balaban J connectivity index is 1.06. The van der Waals surface area contributed by atoms with Crippen molar-refractivity contribution in [3.8, 4) is 0 Å². The molecule has 10 aliphatic rings. The molecule has 0 radical (unpaired) electrons. The highest BCUT2D eigenvalue weighted by molar-refractivity contribution is 8.76. The average molecular weight is 1060 g/mol. The van der Waals surface area contributed by atoms with Gasteiger partial charge < -0.3 is 41.2 Å². The van der Waals surface area contributed by atoms with E-state index in [4.69, 9.17) is 10.7 Å². The molecule has 1 aromatic carbocycles. The molecule has 9 aliphatic carbocycles. The van der Waals surface area contributed by atoms with Crippen molar-refractivity contribution in [2.75, 3.05) is 12.3 Å². The van der Waals surface area contributed by atoms with Gasteiger partial charge in [-0.25, -0.2) is 4.98 Å². The molecule has 75 heavy (non-hydrogen) atoms. The number of rotatable bonds is 7. The first-order valence-corrected chi connectivity index (χ1v) is 31.8. The third kappa shape index (κ3) is 8.48. The zero-order valence-electron chi connectivity index (χ0n) is 45.4. The largest absolute Gasteiger partial charge is 0.392 e. The number of allylic oxidation sites excluding steroid dienone is 3. The van der Waals surface area contributed by atoms with Crippen LogP contribution in [0, 0.1) is 74.9 Å². The van der Waals surface area contributed by atoms with E-state index in [1.54, 1.807) is 29.2 Å². The van der Waals surface area contributed by atoms with E-state index in [0.717, 1.165) is 62.7 Å². The number of aryl methyl sites for hydroxylation is 1. The van der Waals surface area contributed by atoms with Crippen molar-refractivity contribution in [3.05, 3.63) is 88.6 Å². The highest BCUT2D eigenvalue weighted by Gasteiger charge is 2.74. The number of aliphatic hydroxyl groups is 5. The molecule has 13 heteroatoms. The molecule has 1 aromatic heterocycles. The van der Waals surface area contributed by atoms with Crippen LogP contribution < -0.4 is 11.1 Å². The monoisotopic (exact) mass is 1060 g/mol. The van der Waals surface area contributed by atoms with Crippen LogP contribution >= 0.6 is 21.6 Å². The van der Waals surface area contributed by atoms with Crippen LogP contribution in [0.4, 0.5) is 0 Å². The van der Waals surface area contributed by atoms with E-state index in [-0.39, 0.29) is 76.8 Å². The molecule has 11 nitrogen and oxygen atoms in total. The number of nitrogens with one attached hydrogen (secondary N) is 1. The summed E-state index contributed by atoms with van der Waals surface area (Å²) in [4.78, 5) is 24.7. The van der Waals surface area contributed by atoms with Crippen molar-refractivity contribution in [1.29, 1.82) is 0 Å². The summed E-state index contributed by atoms with van der Waals surface area (Å²) in [5.41, 5.74) is 12.2. The van der Waals surface area contributed by atoms with Gasteiger partial charge in [0.05, 0.1) is 30.2 Å². The third-order valence-corrected chi connectivity index (χ3v) is 25.8. The molecule has 7 fully saturated rings.